The van der Waals surface area contributed by atoms with Crippen LogP contribution in [0.25, 0.3) is 0 Å². The molecule has 1 aromatic carbocycles. The maximum Gasteiger partial charge on any atom is 0.175 e. The van der Waals surface area contributed by atoms with Crippen LogP contribution in [-0.2, 0) is 4.74 Å². The lowest BCUT2D eigenvalue weighted by atomic mass is 10.3. The van der Waals surface area contributed by atoms with Crippen LogP contribution in [0.1, 0.15) is 18.9 Å². The van der Waals surface area contributed by atoms with Crippen LogP contribution < -0.4 is 10.1 Å². The maximum absolute atomic E-state index is 14.2. The van der Waals surface area contributed by atoms with Crippen molar-refractivity contribution in [3.05, 3.63) is 66.0 Å². The SMILES string of the molecule is COCCC(C)Sc1cnc(Nc2ccc(C#N)cn2)c(Oc2ccc(F)cc2F)c1. The van der Waals surface area contributed by atoms with Crippen molar-refractivity contribution in [2.75, 3.05) is 19.0 Å². The van der Waals surface area contributed by atoms with Crippen molar-refractivity contribution in [3.8, 4) is 17.6 Å². The highest BCUT2D eigenvalue weighted by Gasteiger charge is 2.14. The van der Waals surface area contributed by atoms with E-state index in [4.69, 9.17) is 14.7 Å². The molecule has 0 saturated carbocycles. The third-order valence-electron chi connectivity index (χ3n) is 4.15. The largest absolute Gasteiger partial charge is 0.450 e. The van der Waals surface area contributed by atoms with E-state index in [0.29, 0.717) is 23.8 Å². The minimum Gasteiger partial charge on any atom is -0.450 e. The van der Waals surface area contributed by atoms with Crippen LogP contribution in [0.15, 0.2) is 53.7 Å². The van der Waals surface area contributed by atoms with Gasteiger partial charge in [0.1, 0.15) is 17.7 Å². The highest BCUT2D eigenvalue weighted by Crippen LogP contribution is 2.36. The smallest absolute Gasteiger partial charge is 0.175 e. The average molecular weight is 442 g/mol. The molecule has 0 bridgehead atoms. The Morgan fingerprint density at radius 1 is 1.13 bits per heavy atom. The number of hydrogen-bond donors (Lipinski definition) is 1. The molecule has 1 atom stereocenters. The Bertz CT molecular complexity index is 1070. The van der Waals surface area contributed by atoms with E-state index in [1.54, 1.807) is 43.3 Å². The van der Waals surface area contributed by atoms with E-state index >= 15 is 0 Å². The van der Waals surface area contributed by atoms with Gasteiger partial charge in [0, 0.05) is 42.3 Å². The molecule has 0 aliphatic carbocycles. The van der Waals surface area contributed by atoms with Crippen molar-refractivity contribution in [1.29, 1.82) is 5.26 Å². The van der Waals surface area contributed by atoms with Crippen molar-refractivity contribution in [1.82, 2.24) is 9.97 Å². The zero-order valence-electron chi connectivity index (χ0n) is 16.9. The predicted octanol–water partition coefficient (Wildman–Crippen LogP) is 5.68. The molecule has 31 heavy (non-hydrogen) atoms. The fraction of sp³-hybridized carbons (Fsp3) is 0.227. The first kappa shape index (κ1) is 22.5. The van der Waals surface area contributed by atoms with Crippen molar-refractivity contribution in [2.24, 2.45) is 0 Å². The molecule has 3 aromatic rings. The van der Waals surface area contributed by atoms with Crippen LogP contribution in [0.3, 0.4) is 0 Å². The van der Waals surface area contributed by atoms with Gasteiger partial charge in [-0.1, -0.05) is 6.92 Å². The molecule has 160 valence electrons. The van der Waals surface area contributed by atoms with Gasteiger partial charge < -0.3 is 14.8 Å². The number of ether oxygens (including phenoxy) is 2. The Balaban J connectivity index is 1.89. The molecule has 0 amide bonds. The van der Waals surface area contributed by atoms with Crippen LogP contribution in [0.5, 0.6) is 11.5 Å². The topological polar surface area (TPSA) is 80.1 Å². The van der Waals surface area contributed by atoms with E-state index in [2.05, 4.69) is 22.2 Å². The lowest BCUT2D eigenvalue weighted by Gasteiger charge is -2.15. The van der Waals surface area contributed by atoms with Crippen LogP contribution in [0.2, 0.25) is 0 Å². The van der Waals surface area contributed by atoms with Crippen LogP contribution >= 0.6 is 11.8 Å². The normalized spacial score (nSPS) is 11.6. The number of aromatic nitrogens is 2. The average Bonchev–Trinajstić information content (AvgIpc) is 2.76. The summed E-state index contributed by atoms with van der Waals surface area (Å²) in [6, 6.07) is 10.1. The van der Waals surface area contributed by atoms with E-state index in [1.807, 2.05) is 6.07 Å². The van der Waals surface area contributed by atoms with E-state index in [0.717, 1.165) is 23.4 Å². The van der Waals surface area contributed by atoms with Crippen LogP contribution in [0, 0.1) is 23.0 Å². The molecule has 0 saturated heterocycles. The van der Waals surface area contributed by atoms with Gasteiger partial charge in [-0.3, -0.25) is 0 Å². The lowest BCUT2D eigenvalue weighted by molar-refractivity contribution is 0.195. The molecule has 1 N–H and O–H groups in total. The molecule has 1 unspecified atom stereocenters. The summed E-state index contributed by atoms with van der Waals surface area (Å²) < 4.78 is 38.3. The molecule has 0 fully saturated rings. The molecule has 3 rings (SSSR count). The fourth-order valence-corrected chi connectivity index (χ4v) is 3.54. The number of nitrogens with one attached hydrogen (secondary N) is 1. The predicted molar refractivity (Wildman–Crippen MR) is 115 cm³/mol. The van der Waals surface area contributed by atoms with Gasteiger partial charge in [-0.2, -0.15) is 5.26 Å². The summed E-state index contributed by atoms with van der Waals surface area (Å²) in [5, 5.41) is 12.2. The summed E-state index contributed by atoms with van der Waals surface area (Å²) in [4.78, 5) is 9.38. The number of pyridine rings is 2. The summed E-state index contributed by atoms with van der Waals surface area (Å²) >= 11 is 1.58. The highest BCUT2D eigenvalue weighted by molar-refractivity contribution is 7.99. The molecule has 0 aliphatic rings. The molecular formula is C22H20F2N4O2S. The number of thioether (sulfide) groups is 1. The van der Waals surface area contributed by atoms with E-state index in [-0.39, 0.29) is 16.7 Å². The lowest BCUT2D eigenvalue weighted by Crippen LogP contribution is -2.03. The fourth-order valence-electron chi connectivity index (χ4n) is 2.57. The van der Waals surface area contributed by atoms with Gasteiger partial charge in [-0.15, -0.1) is 11.8 Å². The number of hydrogen-bond acceptors (Lipinski definition) is 7. The summed E-state index contributed by atoms with van der Waals surface area (Å²) in [6.07, 6.45) is 3.94. The van der Waals surface area contributed by atoms with E-state index in [1.165, 1.54) is 12.3 Å². The van der Waals surface area contributed by atoms with E-state index < -0.39 is 11.6 Å². The number of nitriles is 1. The number of nitrogens with zero attached hydrogens (tertiary/aromatic N) is 3. The van der Waals surface area contributed by atoms with E-state index in [9.17, 15) is 8.78 Å². The Morgan fingerprint density at radius 3 is 2.65 bits per heavy atom. The molecule has 2 heterocycles. The number of halogens is 2. The summed E-state index contributed by atoms with van der Waals surface area (Å²) in [5.41, 5.74) is 0.417. The van der Waals surface area contributed by atoms with Gasteiger partial charge in [0.25, 0.3) is 0 Å². The minimum absolute atomic E-state index is 0.131. The molecule has 0 spiro atoms. The second-order valence-electron chi connectivity index (χ2n) is 6.57. The Labute approximate surface area is 183 Å². The first-order valence-corrected chi connectivity index (χ1v) is 10.3. The van der Waals surface area contributed by atoms with Crippen LogP contribution in [0.4, 0.5) is 20.4 Å². The Kier molecular flexibility index (Phi) is 7.76. The Morgan fingerprint density at radius 2 is 1.97 bits per heavy atom. The third-order valence-corrected chi connectivity index (χ3v) is 5.28. The molecule has 6 nitrogen and oxygen atoms in total. The Hall–Kier alpha value is -3.22. The molecule has 2 aromatic heterocycles. The van der Waals surface area contributed by atoms with Crippen molar-refractivity contribution in [2.45, 2.75) is 23.5 Å². The summed E-state index contributed by atoms with van der Waals surface area (Å²) in [6.45, 7) is 2.70. The van der Waals surface area contributed by atoms with Gasteiger partial charge in [0.2, 0.25) is 0 Å². The first-order valence-electron chi connectivity index (χ1n) is 9.40. The van der Waals surface area contributed by atoms with Gasteiger partial charge in [0.05, 0.1) is 5.56 Å². The van der Waals surface area contributed by atoms with Crippen molar-refractivity contribution >= 4 is 23.4 Å². The quantitative estimate of drug-likeness (QED) is 0.427. The first-order chi connectivity index (χ1) is 15.0. The second-order valence-corrected chi connectivity index (χ2v) is 8.09. The number of benzene rings is 1. The van der Waals surface area contributed by atoms with Crippen molar-refractivity contribution in [3.63, 3.8) is 0 Å². The zero-order chi connectivity index (χ0) is 22.2. The zero-order valence-corrected chi connectivity index (χ0v) is 17.7. The standard InChI is InChI=1S/C22H20F2N4O2S/c1-14(7-8-29-2)31-17-10-20(30-19-5-4-16(23)9-18(19)24)22(27-13-17)28-21-6-3-15(11-25)12-26-21/h3-6,9-10,12-14H,7-8H2,1-2H3,(H,26,27,28). The summed E-state index contributed by atoms with van der Waals surface area (Å²) in [7, 11) is 1.65. The number of rotatable bonds is 9. The summed E-state index contributed by atoms with van der Waals surface area (Å²) in [5.74, 6) is -0.665. The second kappa shape index (κ2) is 10.7. The number of anilines is 2. The number of methoxy groups -OCH3 is 1. The molecule has 0 radical (unpaired) electrons. The van der Waals surface area contributed by atoms with Crippen LogP contribution in [-0.4, -0.2) is 28.9 Å². The third kappa shape index (κ3) is 6.38. The molecular weight excluding hydrogens is 422 g/mol. The highest BCUT2D eigenvalue weighted by atomic mass is 32.2. The van der Waals surface area contributed by atoms with Crippen molar-refractivity contribution < 1.29 is 18.3 Å². The van der Waals surface area contributed by atoms with Gasteiger partial charge in [0.15, 0.2) is 23.1 Å². The monoisotopic (exact) mass is 442 g/mol. The van der Waals surface area contributed by atoms with Gasteiger partial charge in [-0.25, -0.2) is 18.7 Å². The molecule has 9 heteroatoms. The van der Waals surface area contributed by atoms with Gasteiger partial charge >= 0.3 is 0 Å². The molecule has 0 aliphatic heterocycles. The van der Waals surface area contributed by atoms with Gasteiger partial charge in [-0.05, 0) is 36.8 Å². The minimum atomic E-state index is -0.825. The maximum atomic E-state index is 14.2.